The Balaban J connectivity index is 2.07. The smallest absolute Gasteiger partial charge is 0.162 e. The molecule has 1 aliphatic heterocycles. The molecule has 2 heterocycles. The Morgan fingerprint density at radius 1 is 1.16 bits per heavy atom. The number of ether oxygens (including phenoxy) is 2. The number of aromatic nitrogens is 1. The van der Waals surface area contributed by atoms with Crippen LogP contribution in [-0.2, 0) is 13.7 Å². The molecule has 19 heavy (non-hydrogen) atoms. The van der Waals surface area contributed by atoms with Gasteiger partial charge in [-0.1, -0.05) is 0 Å². The van der Waals surface area contributed by atoms with Crippen molar-refractivity contribution in [3.8, 4) is 22.8 Å². The standard InChI is InChI=1S/C15H17NO3/c1-10-12(9-17)7-13(16(10)2)11-3-4-14-15(8-11)19-6-5-18-14/h3-4,7-8,17H,5-6,9H2,1-2H3. The highest BCUT2D eigenvalue weighted by Gasteiger charge is 2.15. The van der Waals surface area contributed by atoms with Crippen molar-refractivity contribution < 1.29 is 14.6 Å². The molecule has 4 heteroatoms. The quantitative estimate of drug-likeness (QED) is 0.899. The van der Waals surface area contributed by atoms with E-state index in [-0.39, 0.29) is 6.61 Å². The summed E-state index contributed by atoms with van der Waals surface area (Å²) in [5, 5.41) is 9.34. The molecule has 0 amide bonds. The largest absolute Gasteiger partial charge is 0.486 e. The number of aliphatic hydroxyl groups excluding tert-OH is 1. The van der Waals surface area contributed by atoms with E-state index in [1.165, 1.54) is 0 Å². The van der Waals surface area contributed by atoms with E-state index in [0.717, 1.165) is 34.0 Å². The van der Waals surface area contributed by atoms with E-state index in [1.54, 1.807) is 0 Å². The number of benzene rings is 1. The van der Waals surface area contributed by atoms with Crippen molar-refractivity contribution in [2.75, 3.05) is 13.2 Å². The fourth-order valence-corrected chi connectivity index (χ4v) is 2.40. The summed E-state index contributed by atoms with van der Waals surface area (Å²) in [7, 11) is 2.00. The van der Waals surface area contributed by atoms with Crippen molar-refractivity contribution in [3.05, 3.63) is 35.5 Å². The number of nitrogens with zero attached hydrogens (tertiary/aromatic N) is 1. The average molecular weight is 259 g/mol. The zero-order valence-electron chi connectivity index (χ0n) is 11.1. The van der Waals surface area contributed by atoms with Gasteiger partial charge in [-0.05, 0) is 36.8 Å². The molecular formula is C15H17NO3. The lowest BCUT2D eigenvalue weighted by Crippen LogP contribution is -2.15. The molecule has 0 spiro atoms. The second-order valence-corrected chi connectivity index (χ2v) is 4.72. The summed E-state index contributed by atoms with van der Waals surface area (Å²) < 4.78 is 13.2. The molecule has 1 aliphatic rings. The van der Waals surface area contributed by atoms with E-state index >= 15 is 0 Å². The summed E-state index contributed by atoms with van der Waals surface area (Å²) in [5.41, 5.74) is 4.16. The summed E-state index contributed by atoms with van der Waals surface area (Å²) in [4.78, 5) is 0. The highest BCUT2D eigenvalue weighted by Crippen LogP contribution is 2.35. The third-order valence-corrected chi connectivity index (χ3v) is 3.65. The summed E-state index contributed by atoms with van der Waals surface area (Å²) in [6.07, 6.45) is 0. The van der Waals surface area contributed by atoms with Gasteiger partial charge in [0.1, 0.15) is 13.2 Å². The van der Waals surface area contributed by atoms with Crippen LogP contribution >= 0.6 is 0 Å². The number of hydrogen-bond donors (Lipinski definition) is 1. The predicted octanol–water partition coefficient (Wildman–Crippen LogP) is 2.26. The van der Waals surface area contributed by atoms with Crippen LogP contribution in [0.4, 0.5) is 0 Å². The lowest BCUT2D eigenvalue weighted by molar-refractivity contribution is 0.171. The Morgan fingerprint density at radius 3 is 2.58 bits per heavy atom. The highest BCUT2D eigenvalue weighted by atomic mass is 16.6. The third-order valence-electron chi connectivity index (χ3n) is 3.65. The van der Waals surface area contributed by atoms with Gasteiger partial charge in [-0.2, -0.15) is 0 Å². The van der Waals surface area contributed by atoms with Crippen LogP contribution in [0.15, 0.2) is 24.3 Å². The minimum Gasteiger partial charge on any atom is -0.486 e. The van der Waals surface area contributed by atoms with E-state index in [9.17, 15) is 5.11 Å². The van der Waals surface area contributed by atoms with E-state index in [1.807, 2.05) is 38.2 Å². The van der Waals surface area contributed by atoms with Gasteiger partial charge in [-0.3, -0.25) is 0 Å². The van der Waals surface area contributed by atoms with Gasteiger partial charge < -0.3 is 19.1 Å². The molecule has 4 nitrogen and oxygen atoms in total. The Hall–Kier alpha value is -1.94. The molecule has 0 saturated carbocycles. The first-order valence-corrected chi connectivity index (χ1v) is 6.37. The normalized spacial score (nSPS) is 13.6. The zero-order valence-corrected chi connectivity index (χ0v) is 11.1. The van der Waals surface area contributed by atoms with E-state index in [4.69, 9.17) is 9.47 Å². The van der Waals surface area contributed by atoms with Crippen LogP contribution in [-0.4, -0.2) is 22.9 Å². The summed E-state index contributed by atoms with van der Waals surface area (Å²) in [5.74, 6) is 1.58. The van der Waals surface area contributed by atoms with Gasteiger partial charge >= 0.3 is 0 Å². The SMILES string of the molecule is Cc1c(CO)cc(-c2ccc3c(c2)OCCO3)n1C. The second-order valence-electron chi connectivity index (χ2n) is 4.72. The second kappa shape index (κ2) is 4.63. The van der Waals surface area contributed by atoms with Crippen molar-refractivity contribution in [1.82, 2.24) is 4.57 Å². The molecule has 0 radical (unpaired) electrons. The van der Waals surface area contributed by atoms with Crippen LogP contribution in [0.2, 0.25) is 0 Å². The van der Waals surface area contributed by atoms with Crippen LogP contribution < -0.4 is 9.47 Å². The topological polar surface area (TPSA) is 43.6 Å². The fourth-order valence-electron chi connectivity index (χ4n) is 2.40. The van der Waals surface area contributed by atoms with Crippen molar-refractivity contribution in [1.29, 1.82) is 0 Å². The van der Waals surface area contributed by atoms with Crippen molar-refractivity contribution >= 4 is 0 Å². The molecule has 0 aliphatic carbocycles. The van der Waals surface area contributed by atoms with Crippen molar-refractivity contribution in [3.63, 3.8) is 0 Å². The minimum absolute atomic E-state index is 0.0597. The maximum Gasteiger partial charge on any atom is 0.162 e. The summed E-state index contributed by atoms with van der Waals surface area (Å²) in [6.45, 7) is 3.26. The van der Waals surface area contributed by atoms with E-state index in [2.05, 4.69) is 4.57 Å². The van der Waals surface area contributed by atoms with Gasteiger partial charge in [0.2, 0.25) is 0 Å². The maximum atomic E-state index is 9.34. The first-order valence-electron chi connectivity index (χ1n) is 6.37. The molecule has 0 bridgehead atoms. The number of rotatable bonds is 2. The van der Waals surface area contributed by atoms with E-state index in [0.29, 0.717) is 13.2 Å². The molecule has 0 unspecified atom stereocenters. The molecule has 1 N–H and O–H groups in total. The average Bonchev–Trinajstić information content (AvgIpc) is 2.74. The number of fused-ring (bicyclic) bond motifs is 1. The van der Waals surface area contributed by atoms with Gasteiger partial charge in [0.05, 0.1) is 6.61 Å². The van der Waals surface area contributed by atoms with Crippen LogP contribution in [0, 0.1) is 6.92 Å². The monoisotopic (exact) mass is 259 g/mol. The van der Waals surface area contributed by atoms with Gasteiger partial charge in [-0.25, -0.2) is 0 Å². The van der Waals surface area contributed by atoms with Gasteiger partial charge in [0.25, 0.3) is 0 Å². The molecule has 100 valence electrons. The number of aliphatic hydroxyl groups is 1. The van der Waals surface area contributed by atoms with Crippen LogP contribution in [0.1, 0.15) is 11.3 Å². The Kier molecular flexibility index (Phi) is 2.95. The first kappa shape index (κ1) is 12.1. The Morgan fingerprint density at radius 2 is 1.89 bits per heavy atom. The molecule has 2 aromatic rings. The predicted molar refractivity (Wildman–Crippen MR) is 72.5 cm³/mol. The van der Waals surface area contributed by atoms with Crippen molar-refractivity contribution in [2.24, 2.45) is 7.05 Å². The number of hydrogen-bond acceptors (Lipinski definition) is 3. The Bertz CT molecular complexity index is 616. The van der Waals surface area contributed by atoms with Crippen LogP contribution in [0.25, 0.3) is 11.3 Å². The van der Waals surface area contributed by atoms with Gasteiger partial charge in [-0.15, -0.1) is 0 Å². The molecule has 0 saturated heterocycles. The van der Waals surface area contributed by atoms with Crippen molar-refractivity contribution in [2.45, 2.75) is 13.5 Å². The summed E-state index contributed by atoms with van der Waals surface area (Å²) >= 11 is 0. The van der Waals surface area contributed by atoms with Gasteiger partial charge in [0, 0.05) is 24.0 Å². The molecule has 1 aromatic carbocycles. The molecule has 3 rings (SSSR count). The zero-order chi connectivity index (χ0) is 13.4. The van der Waals surface area contributed by atoms with E-state index < -0.39 is 0 Å². The first-order chi connectivity index (χ1) is 9.20. The van der Waals surface area contributed by atoms with Crippen LogP contribution in [0.5, 0.6) is 11.5 Å². The van der Waals surface area contributed by atoms with Gasteiger partial charge in [0.15, 0.2) is 11.5 Å². The lowest BCUT2D eigenvalue weighted by atomic mass is 10.1. The van der Waals surface area contributed by atoms with Crippen LogP contribution in [0.3, 0.4) is 0 Å². The molecular weight excluding hydrogens is 242 g/mol. The highest BCUT2D eigenvalue weighted by molar-refractivity contribution is 5.66. The molecule has 0 atom stereocenters. The third kappa shape index (κ3) is 1.98. The lowest BCUT2D eigenvalue weighted by Gasteiger charge is -2.19. The molecule has 1 aromatic heterocycles. The summed E-state index contributed by atoms with van der Waals surface area (Å²) in [6, 6.07) is 7.96. The fraction of sp³-hybridized carbons (Fsp3) is 0.333. The Labute approximate surface area is 112 Å². The minimum atomic E-state index is 0.0597. The maximum absolute atomic E-state index is 9.34. The molecule has 0 fully saturated rings.